The first-order chi connectivity index (χ1) is 18.8. The Labute approximate surface area is 228 Å². The van der Waals surface area contributed by atoms with Crippen LogP contribution >= 0.6 is 0 Å². The minimum atomic E-state index is -1.11. The first-order valence-corrected chi connectivity index (χ1v) is 14.9. The van der Waals surface area contributed by atoms with E-state index in [-0.39, 0.29) is 35.3 Å². The standard InChI is InChI=1S/C33H39F5O/c1-3-5-19-7-9-22(10-8-19)27(34)28(35)23-13-11-20(12-14-23)26-18-25-17-24-16-15-21(6-4-2)29(36)32(24)39-33(25)31(38)30(26)37/h15-16,18-20,22-23H,3-14,17H2,1-2H3/b28-27+. The van der Waals surface area contributed by atoms with Crippen LogP contribution in [0.3, 0.4) is 0 Å². The highest BCUT2D eigenvalue weighted by molar-refractivity contribution is 5.54. The average Bonchev–Trinajstić information content (AvgIpc) is 2.96. The highest BCUT2D eigenvalue weighted by atomic mass is 19.2. The summed E-state index contributed by atoms with van der Waals surface area (Å²) in [6.07, 6.45) is 8.84. The number of hydrogen-bond acceptors (Lipinski definition) is 1. The fourth-order valence-corrected chi connectivity index (χ4v) is 7.04. The first kappa shape index (κ1) is 28.2. The van der Waals surface area contributed by atoms with E-state index >= 15 is 17.6 Å². The molecular formula is C33H39F5O. The molecule has 0 amide bonds. The maximum absolute atomic E-state index is 15.3. The molecule has 2 fully saturated rings. The lowest BCUT2D eigenvalue weighted by molar-refractivity contribution is 0.240. The summed E-state index contributed by atoms with van der Waals surface area (Å²) >= 11 is 0. The molecular weight excluding hydrogens is 507 g/mol. The van der Waals surface area contributed by atoms with Gasteiger partial charge in [-0.15, -0.1) is 0 Å². The lowest BCUT2D eigenvalue weighted by Crippen LogP contribution is -2.20. The van der Waals surface area contributed by atoms with Crippen LogP contribution in [0, 0.1) is 35.2 Å². The van der Waals surface area contributed by atoms with Crippen molar-refractivity contribution >= 4 is 0 Å². The van der Waals surface area contributed by atoms with Gasteiger partial charge in [-0.05, 0) is 86.8 Å². The van der Waals surface area contributed by atoms with Crippen molar-refractivity contribution in [1.82, 2.24) is 0 Å². The SMILES string of the molecule is CCCc1ccc2c(c1F)Oc1c(cc(C3CCC(/C(F)=C(\F)C4CCC(CCC)CC4)CC3)c(F)c1F)C2. The summed E-state index contributed by atoms with van der Waals surface area (Å²) in [5, 5.41) is 0. The summed E-state index contributed by atoms with van der Waals surface area (Å²) in [6, 6.07) is 5.14. The Morgan fingerprint density at radius 3 is 1.97 bits per heavy atom. The highest BCUT2D eigenvalue weighted by Gasteiger charge is 2.34. The van der Waals surface area contributed by atoms with E-state index in [0.717, 1.165) is 32.1 Å². The molecule has 0 radical (unpaired) electrons. The van der Waals surface area contributed by atoms with Gasteiger partial charge in [0.2, 0.25) is 5.82 Å². The third-order valence-electron chi connectivity index (χ3n) is 9.29. The van der Waals surface area contributed by atoms with E-state index in [0.29, 0.717) is 67.6 Å². The number of halogens is 5. The van der Waals surface area contributed by atoms with E-state index in [1.54, 1.807) is 18.2 Å². The highest BCUT2D eigenvalue weighted by Crippen LogP contribution is 2.47. The van der Waals surface area contributed by atoms with Gasteiger partial charge in [0.25, 0.3) is 0 Å². The van der Waals surface area contributed by atoms with E-state index in [1.807, 2.05) is 6.92 Å². The lowest BCUT2D eigenvalue weighted by atomic mass is 9.75. The third-order valence-corrected chi connectivity index (χ3v) is 9.29. The van der Waals surface area contributed by atoms with Gasteiger partial charge < -0.3 is 4.74 Å². The van der Waals surface area contributed by atoms with Crippen LogP contribution in [0.4, 0.5) is 22.0 Å². The summed E-state index contributed by atoms with van der Waals surface area (Å²) in [5.74, 6) is -4.58. The number of hydrogen-bond donors (Lipinski definition) is 0. The molecule has 2 aromatic rings. The molecule has 0 aromatic heterocycles. The maximum atomic E-state index is 15.3. The zero-order chi connectivity index (χ0) is 27.7. The Morgan fingerprint density at radius 2 is 1.36 bits per heavy atom. The van der Waals surface area contributed by atoms with Crippen LogP contribution in [0.5, 0.6) is 11.5 Å². The van der Waals surface area contributed by atoms with E-state index in [4.69, 9.17) is 4.74 Å². The van der Waals surface area contributed by atoms with Gasteiger partial charge in [-0.2, -0.15) is 4.39 Å². The monoisotopic (exact) mass is 546 g/mol. The van der Waals surface area contributed by atoms with E-state index in [2.05, 4.69) is 6.92 Å². The summed E-state index contributed by atoms with van der Waals surface area (Å²) < 4.78 is 81.3. The van der Waals surface area contributed by atoms with Gasteiger partial charge in [0.05, 0.1) is 0 Å². The normalized spacial score (nSPS) is 25.4. The molecule has 2 saturated carbocycles. The Balaban J connectivity index is 1.28. The van der Waals surface area contributed by atoms with Crippen molar-refractivity contribution in [2.24, 2.45) is 17.8 Å². The second kappa shape index (κ2) is 12.0. The molecule has 0 spiro atoms. The Kier molecular flexibility index (Phi) is 8.68. The topological polar surface area (TPSA) is 9.23 Å². The number of ether oxygens (including phenoxy) is 1. The molecule has 39 heavy (non-hydrogen) atoms. The predicted molar refractivity (Wildman–Crippen MR) is 144 cm³/mol. The molecule has 212 valence electrons. The number of benzene rings is 2. The van der Waals surface area contributed by atoms with Crippen molar-refractivity contribution in [3.63, 3.8) is 0 Å². The van der Waals surface area contributed by atoms with Crippen molar-refractivity contribution in [2.75, 3.05) is 0 Å². The van der Waals surface area contributed by atoms with Crippen LogP contribution in [0.25, 0.3) is 0 Å². The summed E-state index contributed by atoms with van der Waals surface area (Å²) in [6.45, 7) is 4.10. The molecule has 2 aromatic carbocycles. The number of fused-ring (bicyclic) bond motifs is 2. The van der Waals surface area contributed by atoms with Crippen molar-refractivity contribution in [1.29, 1.82) is 0 Å². The van der Waals surface area contributed by atoms with E-state index in [1.165, 1.54) is 0 Å². The average molecular weight is 547 g/mol. The van der Waals surface area contributed by atoms with E-state index < -0.39 is 35.0 Å². The van der Waals surface area contributed by atoms with Gasteiger partial charge in [0.1, 0.15) is 11.7 Å². The fraction of sp³-hybridized carbons (Fsp3) is 0.576. The van der Waals surface area contributed by atoms with Crippen LogP contribution in [-0.2, 0) is 12.8 Å². The lowest BCUT2D eigenvalue weighted by Gasteiger charge is -2.31. The molecule has 0 N–H and O–H groups in total. The molecule has 1 nitrogen and oxygen atoms in total. The van der Waals surface area contributed by atoms with Crippen molar-refractivity contribution in [3.8, 4) is 11.5 Å². The number of aryl methyl sites for hydroxylation is 1. The minimum absolute atomic E-state index is 0.0249. The Bertz CT molecular complexity index is 1220. The zero-order valence-corrected chi connectivity index (χ0v) is 23.0. The molecule has 1 heterocycles. The van der Waals surface area contributed by atoms with Crippen LogP contribution < -0.4 is 4.74 Å². The minimum Gasteiger partial charge on any atom is -0.450 e. The van der Waals surface area contributed by atoms with Crippen molar-refractivity contribution in [3.05, 3.63) is 69.6 Å². The number of allylic oxidation sites excluding steroid dienone is 2. The summed E-state index contributed by atoms with van der Waals surface area (Å²) in [4.78, 5) is 0. The molecule has 6 heteroatoms. The van der Waals surface area contributed by atoms with Gasteiger partial charge in [-0.25, -0.2) is 17.6 Å². The molecule has 3 aliphatic rings. The maximum Gasteiger partial charge on any atom is 0.201 e. The molecule has 0 atom stereocenters. The van der Waals surface area contributed by atoms with Crippen LogP contribution in [0.15, 0.2) is 29.9 Å². The van der Waals surface area contributed by atoms with Crippen LogP contribution in [-0.4, -0.2) is 0 Å². The fourth-order valence-electron chi connectivity index (χ4n) is 7.04. The largest absolute Gasteiger partial charge is 0.450 e. The smallest absolute Gasteiger partial charge is 0.201 e. The van der Waals surface area contributed by atoms with Crippen LogP contribution in [0.1, 0.15) is 113 Å². The Morgan fingerprint density at radius 1 is 0.744 bits per heavy atom. The second-order valence-electron chi connectivity index (χ2n) is 11.9. The van der Waals surface area contributed by atoms with Gasteiger partial charge in [-0.3, -0.25) is 0 Å². The molecule has 0 saturated heterocycles. The van der Waals surface area contributed by atoms with Gasteiger partial charge in [-0.1, -0.05) is 45.2 Å². The second-order valence-corrected chi connectivity index (χ2v) is 11.9. The molecule has 5 rings (SSSR count). The zero-order valence-electron chi connectivity index (χ0n) is 23.0. The van der Waals surface area contributed by atoms with Crippen LogP contribution in [0.2, 0.25) is 0 Å². The van der Waals surface area contributed by atoms with Crippen molar-refractivity contribution in [2.45, 2.75) is 103 Å². The van der Waals surface area contributed by atoms with Gasteiger partial charge >= 0.3 is 0 Å². The molecule has 0 bridgehead atoms. The molecule has 2 aliphatic carbocycles. The first-order valence-electron chi connectivity index (χ1n) is 14.9. The summed E-state index contributed by atoms with van der Waals surface area (Å²) in [7, 11) is 0. The molecule has 1 aliphatic heterocycles. The predicted octanol–water partition coefficient (Wildman–Crippen LogP) is 10.8. The summed E-state index contributed by atoms with van der Waals surface area (Å²) in [5.41, 5.74) is 1.83. The van der Waals surface area contributed by atoms with Gasteiger partial charge in [0.15, 0.2) is 23.1 Å². The number of rotatable bonds is 7. The quantitative estimate of drug-likeness (QED) is 0.268. The third kappa shape index (κ3) is 5.63. The van der Waals surface area contributed by atoms with E-state index in [9.17, 15) is 4.39 Å². The Hall–Kier alpha value is -2.37. The van der Waals surface area contributed by atoms with Gasteiger partial charge in [0, 0.05) is 29.4 Å². The van der Waals surface area contributed by atoms with Crippen molar-refractivity contribution < 1.29 is 26.7 Å². The molecule has 0 unspecified atom stereocenters.